The molecule has 0 saturated carbocycles. The molecule has 19 atom stereocenters. The van der Waals surface area contributed by atoms with E-state index in [9.17, 15) is 70.6 Å². The summed E-state index contributed by atoms with van der Waals surface area (Å²) in [6.45, 7) is 13.0. The van der Waals surface area contributed by atoms with E-state index >= 15 is 0 Å². The van der Waals surface area contributed by atoms with Gasteiger partial charge in [0.05, 0.1) is 54.9 Å². The molecule has 20 nitrogen and oxygen atoms in total. The summed E-state index contributed by atoms with van der Waals surface area (Å²) < 4.78 is 17.4. The summed E-state index contributed by atoms with van der Waals surface area (Å²) in [6, 6.07) is 0. The highest BCUT2D eigenvalue weighted by Gasteiger charge is 2.50. The molecule has 19 unspecified atom stereocenters. The molecule has 0 aromatic rings. The van der Waals surface area contributed by atoms with Crippen LogP contribution >= 0.6 is 0 Å². The predicted octanol–water partition coefficient (Wildman–Crippen LogP) is 2.67. The van der Waals surface area contributed by atoms with Gasteiger partial charge < -0.3 is 81.4 Å². The van der Waals surface area contributed by atoms with Crippen molar-refractivity contribution >= 4 is 23.9 Å². The Morgan fingerprint density at radius 2 is 1.49 bits per heavy atom. The van der Waals surface area contributed by atoms with Crippen LogP contribution in [0.15, 0.2) is 53.1 Å². The Bertz CT molecular complexity index is 1830. The van der Waals surface area contributed by atoms with E-state index in [-0.39, 0.29) is 50.9 Å². The number of rotatable bonds is 13. The molecule has 0 aliphatic carbocycles. The number of carboxylic acid groups (broad SMARTS) is 1. The van der Waals surface area contributed by atoms with Gasteiger partial charge in [-0.25, -0.2) is 4.79 Å². The second-order valence-electron chi connectivity index (χ2n) is 21.2. The van der Waals surface area contributed by atoms with E-state index in [0.29, 0.717) is 12.4 Å². The van der Waals surface area contributed by atoms with Gasteiger partial charge in [-0.3, -0.25) is 14.6 Å². The number of nitrogens with two attached hydrogens (primary N) is 1. The summed E-state index contributed by atoms with van der Waals surface area (Å²) in [5, 5.41) is 124. The van der Waals surface area contributed by atoms with Crippen molar-refractivity contribution in [3.8, 4) is 0 Å². The van der Waals surface area contributed by atoms with Crippen LogP contribution in [0.5, 0.6) is 0 Å². The number of fused-ring (bicyclic) bond motifs is 2. The van der Waals surface area contributed by atoms with Gasteiger partial charge in [-0.05, 0) is 70.1 Å². The molecule has 2 aliphatic heterocycles. The van der Waals surface area contributed by atoms with Crippen molar-refractivity contribution in [2.75, 3.05) is 13.6 Å². The van der Waals surface area contributed by atoms with Crippen LogP contribution in [0.4, 0.5) is 0 Å². The van der Waals surface area contributed by atoms with Crippen LogP contribution in [0, 0.1) is 35.5 Å². The number of cyclic esters (lactones) is 1. The van der Waals surface area contributed by atoms with Crippen LogP contribution in [0.2, 0.25) is 0 Å². The van der Waals surface area contributed by atoms with Crippen LogP contribution in [-0.4, -0.2) is 173 Å². The molecule has 14 N–H and O–H groups in total. The maximum absolute atomic E-state index is 13.5. The van der Waals surface area contributed by atoms with Crippen molar-refractivity contribution in [1.82, 2.24) is 5.32 Å². The van der Waals surface area contributed by atoms with Gasteiger partial charge in [0.2, 0.25) is 0 Å². The van der Waals surface area contributed by atoms with Crippen molar-refractivity contribution in [3.63, 3.8) is 0 Å². The summed E-state index contributed by atoms with van der Waals surface area (Å²) in [6.07, 6.45) is -1.85. The van der Waals surface area contributed by atoms with Gasteiger partial charge in [-0.15, -0.1) is 0 Å². The lowest BCUT2D eigenvalue weighted by Crippen LogP contribution is -2.60. The van der Waals surface area contributed by atoms with Crippen molar-refractivity contribution in [1.29, 1.82) is 0 Å². The van der Waals surface area contributed by atoms with E-state index in [0.717, 1.165) is 37.8 Å². The van der Waals surface area contributed by atoms with E-state index in [4.69, 9.17) is 19.9 Å². The summed E-state index contributed by atoms with van der Waals surface area (Å²) in [7, 11) is 1.63. The van der Waals surface area contributed by atoms with Crippen LogP contribution in [0.1, 0.15) is 138 Å². The number of hydrogen-bond acceptors (Lipinski definition) is 17. The molecule has 0 radical (unpaired) electrons. The Morgan fingerprint density at radius 3 is 2.15 bits per heavy atom. The van der Waals surface area contributed by atoms with Gasteiger partial charge in [0.25, 0.3) is 0 Å². The normalized spacial score (nSPS) is 38.0. The van der Waals surface area contributed by atoms with E-state index in [1.165, 1.54) is 18.2 Å². The van der Waals surface area contributed by atoms with Gasteiger partial charge in [-0.1, -0.05) is 83.6 Å². The van der Waals surface area contributed by atoms with Gasteiger partial charge in [0.15, 0.2) is 11.7 Å². The second kappa shape index (κ2) is 33.4. The number of ether oxygens (including phenoxy) is 3. The van der Waals surface area contributed by atoms with Crippen molar-refractivity contribution in [2.24, 2.45) is 46.2 Å². The smallest absolute Gasteiger partial charge is 0.330 e. The molecule has 1 fully saturated rings. The summed E-state index contributed by atoms with van der Waals surface area (Å²) in [4.78, 5) is 41.3. The summed E-state index contributed by atoms with van der Waals surface area (Å²) in [5.41, 5.74) is 6.75. The number of hydrogen-bond donors (Lipinski definition) is 13. The second-order valence-corrected chi connectivity index (χ2v) is 21.2. The zero-order valence-corrected chi connectivity index (χ0v) is 44.9. The fraction of sp³-hybridized carbons (Fsp3) is 0.778. The number of nitrogens with zero attached hydrogens (tertiary/aromatic N) is 1. The predicted molar refractivity (Wildman–Crippen MR) is 278 cm³/mol. The zero-order valence-electron chi connectivity index (χ0n) is 44.9. The zero-order chi connectivity index (χ0) is 55.9. The quantitative estimate of drug-likeness (QED) is 0.0315. The number of carbonyl (C=O) groups excluding carboxylic acids is 2. The lowest BCUT2D eigenvalue weighted by atomic mass is 9.83. The highest BCUT2D eigenvalue weighted by molar-refractivity contribution is 5.90. The Hall–Kier alpha value is -3.80. The topological polar surface area (TPSA) is 352 Å². The number of guanidine groups is 1. The standard InChI is InChI=1S/C54H93N3O17/c1-31(15-13-11-9-10-12-14-22-57-53(55)56-8)23-35(5)51-34(4)17-20-42(60)36(6)44(62)25-38(58)24-39(72-50(69)29-48(66)67)26-40-27-46(64)52(70)54(71,74-40)30-47(65)33(3)16-19-41(59)37(7)45(63)28-43(61)32(2)18-21-49(68)73-51/h9-10,15,17-18,20-21,32-47,51-52,58-65,70-71H,11-14,16,19,22-30H2,1-8H3,(H,66,67)(H3,55,56,57)/b10-9+,20-17+,21-18-,31-15+. The average molecular weight is 1060 g/mol. The van der Waals surface area contributed by atoms with E-state index < -0.39 is 139 Å². The van der Waals surface area contributed by atoms with E-state index in [2.05, 4.69) is 28.5 Å². The molecule has 0 amide bonds. The Labute approximate surface area is 438 Å². The highest BCUT2D eigenvalue weighted by atomic mass is 16.7. The fourth-order valence-corrected chi connectivity index (χ4v) is 9.43. The summed E-state index contributed by atoms with van der Waals surface area (Å²) in [5.74, 6) is -8.95. The molecular weight excluding hydrogens is 963 g/mol. The molecule has 2 bridgehead atoms. The largest absolute Gasteiger partial charge is 0.481 e. The Morgan fingerprint density at radius 1 is 0.824 bits per heavy atom. The first kappa shape index (κ1) is 66.3. The number of aliphatic hydroxyl groups excluding tert-OH is 9. The number of carbonyl (C=O) groups is 3. The molecule has 20 heteroatoms. The number of aliphatic imine (C=N–C) groups is 1. The monoisotopic (exact) mass is 1060 g/mol. The van der Waals surface area contributed by atoms with Crippen LogP contribution < -0.4 is 11.1 Å². The third kappa shape index (κ3) is 24.0. The highest BCUT2D eigenvalue weighted by Crippen LogP contribution is 2.36. The number of carboxylic acids is 1. The summed E-state index contributed by atoms with van der Waals surface area (Å²) >= 11 is 0. The lowest BCUT2D eigenvalue weighted by molar-refractivity contribution is -0.333. The van der Waals surface area contributed by atoms with Gasteiger partial charge >= 0.3 is 17.9 Å². The van der Waals surface area contributed by atoms with Gasteiger partial charge in [0, 0.05) is 75.4 Å². The maximum Gasteiger partial charge on any atom is 0.330 e. The molecule has 426 valence electrons. The SMILES string of the molecule is CN=C(N)NCCC/C=C/CC/C=C(\C)CC(C)C1OC(=O)/C=C\C(C)C(O)CC(O)C(C)C(O)CCC(C)C(O)CC2(O)OC(CC(OC(=O)CC(=O)O)CC(O)CC(O)C(C)C(O)/C=C/C1C)CC(O)C2O. The van der Waals surface area contributed by atoms with Crippen molar-refractivity contribution in [2.45, 2.75) is 217 Å². The average Bonchev–Trinajstić information content (AvgIpc) is 3.32. The first-order chi connectivity index (χ1) is 34.7. The number of nitrogens with one attached hydrogen (secondary N) is 1. The molecule has 0 spiro atoms. The third-order valence-electron chi connectivity index (χ3n) is 14.6. The van der Waals surface area contributed by atoms with Crippen molar-refractivity contribution < 1.29 is 84.8 Å². The van der Waals surface area contributed by atoms with Crippen LogP contribution in [0.3, 0.4) is 0 Å². The molecule has 2 rings (SSSR count). The minimum absolute atomic E-state index is 0.0876. The van der Waals surface area contributed by atoms with Gasteiger partial charge in [-0.2, -0.15) is 0 Å². The van der Waals surface area contributed by atoms with Crippen LogP contribution in [-0.2, 0) is 28.6 Å². The number of aliphatic hydroxyl groups is 10. The molecule has 2 aliphatic rings. The number of esters is 2. The Balaban J connectivity index is 2.44. The van der Waals surface area contributed by atoms with Crippen molar-refractivity contribution in [3.05, 3.63) is 48.1 Å². The van der Waals surface area contributed by atoms with E-state index in [1.807, 2.05) is 20.8 Å². The lowest BCUT2D eigenvalue weighted by Gasteiger charge is -2.45. The first-order valence-corrected chi connectivity index (χ1v) is 26.5. The van der Waals surface area contributed by atoms with Gasteiger partial charge in [0.1, 0.15) is 24.7 Å². The third-order valence-corrected chi connectivity index (χ3v) is 14.6. The molecule has 74 heavy (non-hydrogen) atoms. The first-order valence-electron chi connectivity index (χ1n) is 26.5. The number of unbranched alkanes of at least 4 members (excludes halogenated alkanes) is 2. The molecule has 0 aromatic heterocycles. The van der Waals surface area contributed by atoms with E-state index in [1.54, 1.807) is 40.8 Å². The molecule has 0 aromatic carbocycles. The minimum atomic E-state index is -2.52. The number of aliphatic carboxylic acids is 1. The van der Waals surface area contributed by atoms with Crippen LogP contribution in [0.25, 0.3) is 0 Å². The molecule has 1 saturated heterocycles. The molecule has 2 heterocycles. The maximum atomic E-state index is 13.5. The molecular formula is C54H93N3O17. The minimum Gasteiger partial charge on any atom is -0.481 e. The Kier molecular flexibility index (Phi) is 29.9. The number of allylic oxidation sites excluding steroid dienone is 4. The fourth-order valence-electron chi connectivity index (χ4n) is 9.43.